The number of aliphatic imine (C=N–C) groups is 1. The number of ether oxygens (including phenoxy) is 1. The molecule has 34 heavy (non-hydrogen) atoms. The summed E-state index contributed by atoms with van der Waals surface area (Å²) in [6.07, 6.45) is 5.89. The van der Waals surface area contributed by atoms with Crippen LogP contribution in [0.1, 0.15) is 58.9 Å². The van der Waals surface area contributed by atoms with Crippen LogP contribution in [0.4, 0.5) is 13.2 Å². The molecular formula is C26H30F3KNO2S-. The summed E-state index contributed by atoms with van der Waals surface area (Å²) in [4.78, 5) is 14.2. The van der Waals surface area contributed by atoms with Gasteiger partial charge in [0.2, 0.25) is 0 Å². The number of alkyl halides is 3. The molecule has 0 amide bonds. The van der Waals surface area contributed by atoms with Gasteiger partial charge < -0.3 is 9.73 Å². The minimum atomic E-state index is -4.69. The number of rotatable bonds is 8. The third-order valence-electron chi connectivity index (χ3n) is 4.68. The van der Waals surface area contributed by atoms with Gasteiger partial charge in [0, 0.05) is 11.4 Å². The Morgan fingerprint density at radius 2 is 1.88 bits per heavy atom. The Labute approximate surface area is 248 Å². The van der Waals surface area contributed by atoms with Crippen molar-refractivity contribution in [1.82, 2.24) is 0 Å². The molecule has 0 N–H and O–H groups in total. The molecule has 0 unspecified atom stereocenters. The SMILES string of the molecule is C=CC(C)=O.CCC#CS/C(N=[C-]C1CC(CC)C1)=C(\C)[CH-]c1ccc(OC(F)(F)F)cc1.[K+]. The van der Waals surface area contributed by atoms with Crippen molar-refractivity contribution in [3.8, 4) is 16.9 Å². The summed E-state index contributed by atoms with van der Waals surface area (Å²) >= 11 is 1.35. The summed E-state index contributed by atoms with van der Waals surface area (Å²) in [5, 5.41) is 3.79. The molecule has 0 atom stereocenters. The maximum Gasteiger partial charge on any atom is 1.00 e. The monoisotopic (exact) mass is 516 g/mol. The standard InChI is InChI=1S/C22H24F3NOS.C4H6O.K/c1-4-6-11-28-21(26-15-19-13-17(5-2)14-19)16(3)12-18-7-9-20(10-8-18)27-22(23,24)25;1-3-4(2)5;/h7-10,12,17,19H,4-5,13-14H2,1-3H3;3H,1H2,2H3;/q-2;;+1/b21-16+;;. The first-order valence-electron chi connectivity index (χ1n) is 10.7. The van der Waals surface area contributed by atoms with Gasteiger partial charge in [0.05, 0.1) is 0 Å². The summed E-state index contributed by atoms with van der Waals surface area (Å²) in [5.41, 5.74) is 1.65. The van der Waals surface area contributed by atoms with Crippen molar-refractivity contribution in [2.75, 3.05) is 0 Å². The Morgan fingerprint density at radius 1 is 1.29 bits per heavy atom. The van der Waals surface area contributed by atoms with Gasteiger partial charge in [-0.05, 0) is 24.2 Å². The third kappa shape index (κ3) is 14.4. The fourth-order valence-electron chi connectivity index (χ4n) is 2.75. The summed E-state index contributed by atoms with van der Waals surface area (Å²) in [6.45, 7) is 10.8. The Kier molecular flexibility index (Phi) is 17.0. The number of ketones is 1. The number of benzene rings is 1. The number of hydrogen-bond acceptors (Lipinski definition) is 4. The summed E-state index contributed by atoms with van der Waals surface area (Å²) in [6, 6.07) is 5.75. The molecule has 1 aliphatic rings. The van der Waals surface area contributed by atoms with Crippen molar-refractivity contribution in [1.29, 1.82) is 0 Å². The van der Waals surface area contributed by atoms with E-state index in [0.29, 0.717) is 5.92 Å². The molecule has 2 rings (SSSR count). The molecule has 0 spiro atoms. The summed E-state index contributed by atoms with van der Waals surface area (Å²) in [7, 11) is 0. The number of thioether (sulfide) groups is 1. The van der Waals surface area contributed by atoms with Crippen LogP contribution in [0.5, 0.6) is 5.75 Å². The number of nitrogens with zero attached hydrogens (tertiary/aromatic N) is 1. The molecule has 3 nitrogen and oxygen atoms in total. The van der Waals surface area contributed by atoms with E-state index in [2.05, 4.69) is 40.6 Å². The minimum Gasteiger partial charge on any atom is -0.408 e. The van der Waals surface area contributed by atoms with Gasteiger partial charge in [-0.3, -0.25) is 4.79 Å². The molecule has 1 saturated carbocycles. The van der Waals surface area contributed by atoms with Gasteiger partial charge in [-0.15, -0.1) is 42.9 Å². The smallest absolute Gasteiger partial charge is 0.408 e. The Bertz CT molecular complexity index is 893. The van der Waals surface area contributed by atoms with E-state index in [9.17, 15) is 18.0 Å². The third-order valence-corrected chi connectivity index (χ3v) is 5.53. The van der Waals surface area contributed by atoms with Gasteiger partial charge in [0.25, 0.3) is 0 Å². The van der Waals surface area contributed by atoms with Crippen LogP contribution < -0.4 is 56.1 Å². The molecule has 0 radical (unpaired) electrons. The zero-order chi connectivity index (χ0) is 24.9. The average Bonchev–Trinajstić information content (AvgIpc) is 2.72. The molecule has 1 aromatic rings. The zero-order valence-corrected chi connectivity index (χ0v) is 24.4. The predicted molar refractivity (Wildman–Crippen MR) is 130 cm³/mol. The topological polar surface area (TPSA) is 38.7 Å². The van der Waals surface area contributed by atoms with Gasteiger partial charge >= 0.3 is 57.7 Å². The first-order valence-corrected chi connectivity index (χ1v) is 11.5. The van der Waals surface area contributed by atoms with Crippen molar-refractivity contribution in [2.24, 2.45) is 16.8 Å². The van der Waals surface area contributed by atoms with Crippen LogP contribution in [-0.4, -0.2) is 18.4 Å². The normalized spacial score (nSPS) is 17.5. The Balaban J connectivity index is 0.00000164. The van der Waals surface area contributed by atoms with Crippen molar-refractivity contribution < 1.29 is 74.1 Å². The van der Waals surface area contributed by atoms with E-state index in [1.807, 2.05) is 20.3 Å². The molecule has 8 heteroatoms. The van der Waals surface area contributed by atoms with Crippen LogP contribution in [0.15, 0.2) is 52.5 Å². The second-order valence-corrected chi connectivity index (χ2v) is 8.28. The van der Waals surface area contributed by atoms with Gasteiger partial charge in [-0.1, -0.05) is 82.3 Å². The van der Waals surface area contributed by atoms with Crippen molar-refractivity contribution >= 4 is 23.8 Å². The molecule has 0 heterocycles. The van der Waals surface area contributed by atoms with Crippen LogP contribution in [0.25, 0.3) is 0 Å². The molecule has 0 saturated heterocycles. The van der Waals surface area contributed by atoms with E-state index in [4.69, 9.17) is 0 Å². The first kappa shape index (κ1) is 33.0. The van der Waals surface area contributed by atoms with Crippen molar-refractivity contribution in [3.63, 3.8) is 0 Å². The van der Waals surface area contributed by atoms with E-state index in [1.165, 1.54) is 43.3 Å². The maximum absolute atomic E-state index is 12.3. The fourth-order valence-corrected chi connectivity index (χ4v) is 3.38. The minimum absolute atomic E-state index is 0. The van der Waals surface area contributed by atoms with Crippen LogP contribution in [-0.2, 0) is 4.79 Å². The quantitative estimate of drug-likeness (QED) is 0.166. The van der Waals surface area contributed by atoms with Crippen LogP contribution in [0.2, 0.25) is 0 Å². The molecule has 1 aromatic carbocycles. The summed E-state index contributed by atoms with van der Waals surface area (Å²) in [5.74, 6) is 3.96. The second kappa shape index (κ2) is 17.5. The number of hydrogen-bond donors (Lipinski definition) is 0. The number of carbonyl (C=O) groups excluding carboxylic acids is 1. The molecular weight excluding hydrogens is 486 g/mol. The first-order chi connectivity index (χ1) is 15.6. The van der Waals surface area contributed by atoms with E-state index in [1.54, 1.807) is 12.1 Å². The molecule has 0 aromatic heterocycles. The van der Waals surface area contributed by atoms with Crippen molar-refractivity contribution in [2.45, 2.75) is 59.7 Å². The van der Waals surface area contributed by atoms with E-state index in [-0.39, 0.29) is 62.9 Å². The Hall–Kier alpha value is -0.954. The van der Waals surface area contributed by atoms with Crippen LogP contribution in [0.3, 0.4) is 0 Å². The molecule has 0 bridgehead atoms. The number of halogens is 3. The van der Waals surface area contributed by atoms with Crippen molar-refractivity contribution in [3.05, 3.63) is 59.5 Å². The largest absolute Gasteiger partial charge is 1.00 e. The average molecular weight is 517 g/mol. The van der Waals surface area contributed by atoms with Crippen LogP contribution >= 0.6 is 11.8 Å². The van der Waals surface area contributed by atoms with E-state index in [0.717, 1.165) is 41.3 Å². The van der Waals surface area contributed by atoms with Gasteiger partial charge in [0.1, 0.15) is 5.75 Å². The second-order valence-electron chi connectivity index (χ2n) is 7.48. The number of allylic oxidation sites excluding steroid dienone is 2. The number of carbonyl (C=O) groups is 1. The fraction of sp³-hybridized carbons (Fsp3) is 0.423. The zero-order valence-electron chi connectivity index (χ0n) is 20.5. The van der Waals surface area contributed by atoms with E-state index >= 15 is 0 Å². The molecule has 1 fully saturated rings. The van der Waals surface area contributed by atoms with Gasteiger partial charge in [-0.2, -0.15) is 6.21 Å². The molecule has 180 valence electrons. The van der Waals surface area contributed by atoms with Gasteiger partial charge in [-0.25, -0.2) is 0 Å². The van der Waals surface area contributed by atoms with Gasteiger partial charge in [0.15, 0.2) is 5.78 Å². The predicted octanol–water partition coefficient (Wildman–Crippen LogP) is 4.62. The maximum atomic E-state index is 12.3. The molecule has 1 aliphatic carbocycles. The Morgan fingerprint density at radius 3 is 2.35 bits per heavy atom. The molecule has 0 aliphatic heterocycles. The van der Waals surface area contributed by atoms with E-state index < -0.39 is 6.36 Å². The summed E-state index contributed by atoms with van der Waals surface area (Å²) < 4.78 is 40.7. The van der Waals surface area contributed by atoms with Crippen LogP contribution in [0, 0.1) is 29.4 Å².